The third-order valence-electron chi connectivity index (χ3n) is 6.41. The second kappa shape index (κ2) is 8.73. The Balaban J connectivity index is 1.28. The Bertz CT molecular complexity index is 1120. The third kappa shape index (κ3) is 3.99. The SMILES string of the molecule is O=C(c1nn(-c2ccc(F)c(F)c2)c2c1CCC2)N1CCC(COc2ccccc2)CC1. The van der Waals surface area contributed by atoms with Gasteiger partial charge in [0.1, 0.15) is 5.75 Å². The van der Waals surface area contributed by atoms with Gasteiger partial charge in [0.15, 0.2) is 17.3 Å². The van der Waals surface area contributed by atoms with Gasteiger partial charge in [0.25, 0.3) is 5.91 Å². The minimum atomic E-state index is -0.919. The van der Waals surface area contributed by atoms with E-state index < -0.39 is 11.6 Å². The lowest BCUT2D eigenvalue weighted by Gasteiger charge is -2.31. The molecule has 1 amide bonds. The molecular weight excluding hydrogens is 412 g/mol. The van der Waals surface area contributed by atoms with Gasteiger partial charge in [-0.25, -0.2) is 13.5 Å². The molecule has 1 fully saturated rings. The largest absolute Gasteiger partial charge is 0.493 e. The number of likely N-dealkylation sites (tertiary alicyclic amines) is 1. The van der Waals surface area contributed by atoms with Gasteiger partial charge >= 0.3 is 0 Å². The number of amides is 1. The van der Waals surface area contributed by atoms with Gasteiger partial charge < -0.3 is 9.64 Å². The summed E-state index contributed by atoms with van der Waals surface area (Å²) < 4.78 is 34.6. The monoisotopic (exact) mass is 437 g/mol. The topological polar surface area (TPSA) is 47.4 Å². The van der Waals surface area contributed by atoms with Crippen molar-refractivity contribution in [1.29, 1.82) is 0 Å². The Morgan fingerprint density at radius 3 is 2.56 bits per heavy atom. The summed E-state index contributed by atoms with van der Waals surface area (Å²) in [6.07, 6.45) is 4.24. The van der Waals surface area contributed by atoms with Gasteiger partial charge in [-0.15, -0.1) is 0 Å². The number of rotatable bonds is 5. The van der Waals surface area contributed by atoms with Crippen LogP contribution in [0.25, 0.3) is 5.69 Å². The van der Waals surface area contributed by atoms with E-state index in [-0.39, 0.29) is 5.91 Å². The highest BCUT2D eigenvalue weighted by molar-refractivity contribution is 5.94. The first-order valence-electron chi connectivity index (χ1n) is 11.1. The summed E-state index contributed by atoms with van der Waals surface area (Å²) in [5.74, 6) is -0.619. The summed E-state index contributed by atoms with van der Waals surface area (Å²) in [5.41, 5.74) is 2.75. The average molecular weight is 437 g/mol. The number of nitrogens with zero attached hydrogens (tertiary/aromatic N) is 3. The lowest BCUT2D eigenvalue weighted by Crippen LogP contribution is -2.40. The van der Waals surface area contributed by atoms with Gasteiger partial charge in [0.05, 0.1) is 12.3 Å². The van der Waals surface area contributed by atoms with Crippen LogP contribution in [0.1, 0.15) is 41.0 Å². The number of para-hydroxylation sites is 1. The Morgan fingerprint density at radius 2 is 1.81 bits per heavy atom. The molecule has 1 aliphatic carbocycles. The van der Waals surface area contributed by atoms with Crippen molar-refractivity contribution in [2.45, 2.75) is 32.1 Å². The zero-order valence-corrected chi connectivity index (χ0v) is 17.8. The second-order valence-electron chi connectivity index (χ2n) is 8.50. The summed E-state index contributed by atoms with van der Waals surface area (Å²) >= 11 is 0. The van der Waals surface area contributed by atoms with E-state index in [1.807, 2.05) is 35.2 Å². The van der Waals surface area contributed by atoms with Crippen molar-refractivity contribution in [3.8, 4) is 11.4 Å². The number of carbonyl (C=O) groups is 1. The Morgan fingerprint density at radius 1 is 1.03 bits per heavy atom. The molecule has 0 saturated carbocycles. The molecule has 2 heterocycles. The Labute approximate surface area is 185 Å². The van der Waals surface area contributed by atoms with Crippen LogP contribution in [0.3, 0.4) is 0 Å². The molecule has 0 spiro atoms. The summed E-state index contributed by atoms with van der Waals surface area (Å²) in [6.45, 7) is 1.97. The maximum atomic E-state index is 13.8. The third-order valence-corrected chi connectivity index (χ3v) is 6.41. The fourth-order valence-corrected chi connectivity index (χ4v) is 4.62. The molecule has 1 aliphatic heterocycles. The number of hydrogen-bond donors (Lipinski definition) is 0. The molecule has 2 aromatic carbocycles. The predicted molar refractivity (Wildman–Crippen MR) is 116 cm³/mol. The first kappa shape index (κ1) is 20.7. The zero-order chi connectivity index (χ0) is 22.1. The predicted octanol–water partition coefficient (Wildman–Crippen LogP) is 4.57. The molecule has 7 heteroatoms. The molecule has 0 N–H and O–H groups in total. The molecule has 5 rings (SSSR count). The van der Waals surface area contributed by atoms with Crippen LogP contribution in [0.4, 0.5) is 8.78 Å². The van der Waals surface area contributed by atoms with Gasteiger partial charge in [-0.3, -0.25) is 4.79 Å². The molecule has 0 unspecified atom stereocenters. The molecule has 2 aliphatic rings. The Kier molecular flexibility index (Phi) is 5.64. The molecule has 1 aromatic heterocycles. The molecule has 3 aromatic rings. The van der Waals surface area contributed by atoms with Crippen LogP contribution in [0, 0.1) is 17.6 Å². The van der Waals surface area contributed by atoms with Crippen molar-refractivity contribution in [2.75, 3.05) is 19.7 Å². The van der Waals surface area contributed by atoms with Crippen LogP contribution in [0.5, 0.6) is 5.75 Å². The average Bonchev–Trinajstić information content (AvgIpc) is 3.43. The van der Waals surface area contributed by atoms with E-state index in [0.717, 1.165) is 61.2 Å². The summed E-state index contributed by atoms with van der Waals surface area (Å²) in [4.78, 5) is 15.2. The highest BCUT2D eigenvalue weighted by Gasteiger charge is 2.31. The maximum Gasteiger partial charge on any atom is 0.274 e. The van der Waals surface area contributed by atoms with Crippen molar-refractivity contribution >= 4 is 5.91 Å². The lowest BCUT2D eigenvalue weighted by molar-refractivity contribution is 0.0653. The second-order valence-corrected chi connectivity index (χ2v) is 8.50. The minimum Gasteiger partial charge on any atom is -0.493 e. The fraction of sp³-hybridized carbons (Fsp3) is 0.360. The van der Waals surface area contributed by atoms with Crippen LogP contribution >= 0.6 is 0 Å². The number of aromatic nitrogens is 2. The number of piperidine rings is 1. The smallest absolute Gasteiger partial charge is 0.274 e. The van der Waals surface area contributed by atoms with Crippen LogP contribution < -0.4 is 4.74 Å². The van der Waals surface area contributed by atoms with Crippen molar-refractivity contribution in [3.63, 3.8) is 0 Å². The lowest BCUT2D eigenvalue weighted by atomic mass is 9.97. The summed E-state index contributed by atoms with van der Waals surface area (Å²) in [5, 5.41) is 4.55. The van der Waals surface area contributed by atoms with E-state index in [9.17, 15) is 13.6 Å². The van der Waals surface area contributed by atoms with Gasteiger partial charge in [0, 0.05) is 30.4 Å². The molecular formula is C25H25F2N3O2. The number of carbonyl (C=O) groups excluding carboxylic acids is 1. The molecule has 0 radical (unpaired) electrons. The van der Waals surface area contributed by atoms with Crippen molar-refractivity contribution in [1.82, 2.24) is 14.7 Å². The van der Waals surface area contributed by atoms with Gasteiger partial charge in [0.2, 0.25) is 0 Å². The minimum absolute atomic E-state index is 0.0769. The van der Waals surface area contributed by atoms with E-state index in [1.165, 1.54) is 6.07 Å². The summed E-state index contributed by atoms with van der Waals surface area (Å²) in [6, 6.07) is 13.5. The number of benzene rings is 2. The molecule has 0 bridgehead atoms. The van der Waals surface area contributed by atoms with Crippen LogP contribution in [-0.2, 0) is 12.8 Å². The first-order valence-corrected chi connectivity index (χ1v) is 11.1. The van der Waals surface area contributed by atoms with Crippen LogP contribution in [0.15, 0.2) is 48.5 Å². The van der Waals surface area contributed by atoms with Crippen LogP contribution in [-0.4, -0.2) is 40.3 Å². The number of fused-ring (bicyclic) bond motifs is 1. The van der Waals surface area contributed by atoms with Crippen molar-refractivity contribution in [3.05, 3.63) is 77.1 Å². The first-order chi connectivity index (χ1) is 15.6. The van der Waals surface area contributed by atoms with Crippen molar-refractivity contribution in [2.24, 2.45) is 5.92 Å². The maximum absolute atomic E-state index is 13.8. The van der Waals surface area contributed by atoms with E-state index in [0.29, 0.717) is 37.0 Å². The molecule has 32 heavy (non-hydrogen) atoms. The zero-order valence-electron chi connectivity index (χ0n) is 17.8. The van der Waals surface area contributed by atoms with E-state index >= 15 is 0 Å². The molecule has 166 valence electrons. The van der Waals surface area contributed by atoms with Gasteiger partial charge in [-0.05, 0) is 62.3 Å². The quantitative estimate of drug-likeness (QED) is 0.588. The van der Waals surface area contributed by atoms with Crippen LogP contribution in [0.2, 0.25) is 0 Å². The highest BCUT2D eigenvalue weighted by Crippen LogP contribution is 2.30. The molecule has 0 atom stereocenters. The molecule has 1 saturated heterocycles. The highest BCUT2D eigenvalue weighted by atomic mass is 19.2. The van der Waals surface area contributed by atoms with E-state index in [1.54, 1.807) is 4.68 Å². The standard InChI is InChI=1S/C25H25F2N3O2/c26-21-10-9-18(15-22(21)27)30-23-8-4-7-20(23)24(28-30)25(31)29-13-11-17(12-14-29)16-32-19-5-2-1-3-6-19/h1-3,5-6,9-10,15,17H,4,7-8,11-14,16H2. The van der Waals surface area contributed by atoms with Crippen molar-refractivity contribution < 1.29 is 18.3 Å². The molecule has 5 nitrogen and oxygen atoms in total. The van der Waals surface area contributed by atoms with Gasteiger partial charge in [-0.1, -0.05) is 18.2 Å². The summed E-state index contributed by atoms with van der Waals surface area (Å²) in [7, 11) is 0. The van der Waals surface area contributed by atoms with Gasteiger partial charge in [-0.2, -0.15) is 5.10 Å². The number of halogens is 2. The normalized spacial score (nSPS) is 16.2. The van der Waals surface area contributed by atoms with E-state index in [4.69, 9.17) is 4.74 Å². The fourth-order valence-electron chi connectivity index (χ4n) is 4.62. The van der Waals surface area contributed by atoms with E-state index in [2.05, 4.69) is 5.10 Å². The number of hydrogen-bond acceptors (Lipinski definition) is 3. The Hall–Kier alpha value is -3.22. The number of ether oxygens (including phenoxy) is 1.